The van der Waals surface area contributed by atoms with E-state index in [4.69, 9.17) is 5.11 Å². The SMILES string of the molecule is CC(C)N(CCC(=O)O)C(=O)[C@@H]1C[C@H]1C1CC1. The summed E-state index contributed by atoms with van der Waals surface area (Å²) in [5, 5.41) is 8.69. The molecule has 0 unspecified atom stereocenters. The highest BCUT2D eigenvalue weighted by atomic mass is 16.4. The lowest BCUT2D eigenvalue weighted by Gasteiger charge is -2.26. The zero-order chi connectivity index (χ0) is 12.6. The second-order valence-corrected chi connectivity index (χ2v) is 5.61. The summed E-state index contributed by atoms with van der Waals surface area (Å²) in [6.45, 7) is 4.25. The summed E-state index contributed by atoms with van der Waals surface area (Å²) < 4.78 is 0. The van der Waals surface area contributed by atoms with Gasteiger partial charge in [0.2, 0.25) is 5.91 Å². The molecule has 2 aliphatic carbocycles. The Morgan fingerprint density at radius 3 is 2.47 bits per heavy atom. The van der Waals surface area contributed by atoms with Crippen LogP contribution in [0.3, 0.4) is 0 Å². The smallest absolute Gasteiger partial charge is 0.305 e. The standard InChI is InChI=1S/C13H21NO3/c1-8(2)14(6-5-12(15)16)13(17)11-7-10(11)9-3-4-9/h8-11H,3-7H2,1-2H3,(H,15,16)/t10-,11+/m0/s1. The second kappa shape index (κ2) is 4.67. The Labute approximate surface area is 102 Å². The first-order chi connectivity index (χ1) is 8.00. The van der Waals surface area contributed by atoms with Gasteiger partial charge in [-0.1, -0.05) is 0 Å². The Bertz CT molecular complexity index is 323. The lowest BCUT2D eigenvalue weighted by Crippen LogP contribution is -2.39. The fourth-order valence-corrected chi connectivity index (χ4v) is 2.60. The summed E-state index contributed by atoms with van der Waals surface area (Å²) in [5.74, 6) is 0.931. The summed E-state index contributed by atoms with van der Waals surface area (Å²) in [6.07, 6.45) is 3.64. The Hall–Kier alpha value is -1.06. The van der Waals surface area contributed by atoms with E-state index in [-0.39, 0.29) is 24.3 Å². The number of hydrogen-bond acceptors (Lipinski definition) is 2. The number of aliphatic carboxylic acids is 1. The molecule has 2 rings (SSSR count). The van der Waals surface area contributed by atoms with Crippen molar-refractivity contribution in [1.29, 1.82) is 0 Å². The van der Waals surface area contributed by atoms with Crippen LogP contribution in [0, 0.1) is 17.8 Å². The zero-order valence-electron chi connectivity index (χ0n) is 10.6. The summed E-state index contributed by atoms with van der Waals surface area (Å²) in [5.41, 5.74) is 0. The number of amides is 1. The van der Waals surface area contributed by atoms with E-state index in [9.17, 15) is 9.59 Å². The van der Waals surface area contributed by atoms with Crippen LogP contribution < -0.4 is 0 Å². The third-order valence-electron chi connectivity index (χ3n) is 3.86. The predicted octanol–water partition coefficient (Wildman–Crippen LogP) is 1.74. The largest absolute Gasteiger partial charge is 0.481 e. The van der Waals surface area contributed by atoms with Crippen LogP contribution in [0.5, 0.6) is 0 Å². The summed E-state index contributed by atoms with van der Waals surface area (Å²) in [7, 11) is 0. The fourth-order valence-electron chi connectivity index (χ4n) is 2.60. The van der Waals surface area contributed by atoms with Gasteiger partial charge in [0, 0.05) is 18.5 Å². The Balaban J connectivity index is 1.86. The van der Waals surface area contributed by atoms with Crippen LogP contribution in [0.25, 0.3) is 0 Å². The number of carboxylic acids is 1. The van der Waals surface area contributed by atoms with Crippen molar-refractivity contribution in [2.24, 2.45) is 17.8 Å². The van der Waals surface area contributed by atoms with Crippen LogP contribution in [0.15, 0.2) is 0 Å². The van der Waals surface area contributed by atoms with E-state index < -0.39 is 5.97 Å². The van der Waals surface area contributed by atoms with Crippen LogP contribution in [0.4, 0.5) is 0 Å². The van der Waals surface area contributed by atoms with E-state index >= 15 is 0 Å². The molecule has 2 aliphatic rings. The van der Waals surface area contributed by atoms with Gasteiger partial charge in [-0.2, -0.15) is 0 Å². The first-order valence-corrected chi connectivity index (χ1v) is 6.53. The maximum absolute atomic E-state index is 12.2. The van der Waals surface area contributed by atoms with Gasteiger partial charge >= 0.3 is 5.97 Å². The lowest BCUT2D eigenvalue weighted by atomic mass is 10.2. The van der Waals surface area contributed by atoms with Crippen molar-refractivity contribution >= 4 is 11.9 Å². The minimum absolute atomic E-state index is 0.0464. The van der Waals surface area contributed by atoms with Crippen LogP contribution in [-0.4, -0.2) is 34.5 Å². The highest BCUT2D eigenvalue weighted by Crippen LogP contribution is 2.54. The Morgan fingerprint density at radius 2 is 2.00 bits per heavy atom. The molecule has 0 aromatic rings. The molecule has 4 heteroatoms. The molecule has 0 aromatic carbocycles. The van der Waals surface area contributed by atoms with E-state index in [1.54, 1.807) is 4.90 Å². The van der Waals surface area contributed by atoms with E-state index in [1.807, 2.05) is 13.8 Å². The average molecular weight is 239 g/mol. The maximum atomic E-state index is 12.2. The molecule has 0 heterocycles. The third-order valence-corrected chi connectivity index (χ3v) is 3.86. The lowest BCUT2D eigenvalue weighted by molar-refractivity contribution is -0.139. The molecule has 0 aromatic heterocycles. The number of nitrogens with zero attached hydrogens (tertiary/aromatic N) is 1. The molecule has 0 saturated heterocycles. The van der Waals surface area contributed by atoms with Gasteiger partial charge in [-0.15, -0.1) is 0 Å². The van der Waals surface area contributed by atoms with Crippen LogP contribution in [0.2, 0.25) is 0 Å². The van der Waals surface area contributed by atoms with Gasteiger partial charge in [-0.05, 0) is 44.9 Å². The fraction of sp³-hybridized carbons (Fsp3) is 0.846. The molecule has 4 nitrogen and oxygen atoms in total. The molecule has 2 fully saturated rings. The molecule has 0 aliphatic heterocycles. The molecule has 1 N–H and O–H groups in total. The van der Waals surface area contributed by atoms with Crippen molar-refractivity contribution in [3.05, 3.63) is 0 Å². The van der Waals surface area contributed by atoms with Gasteiger partial charge in [0.15, 0.2) is 0 Å². The van der Waals surface area contributed by atoms with Crippen LogP contribution in [-0.2, 0) is 9.59 Å². The third kappa shape index (κ3) is 2.99. The van der Waals surface area contributed by atoms with Crippen molar-refractivity contribution in [3.8, 4) is 0 Å². The average Bonchev–Trinajstić information content (AvgIpc) is 3.09. The number of rotatable bonds is 6. The highest BCUT2D eigenvalue weighted by molar-refractivity contribution is 5.82. The minimum atomic E-state index is -0.835. The van der Waals surface area contributed by atoms with Crippen molar-refractivity contribution < 1.29 is 14.7 Å². The molecule has 17 heavy (non-hydrogen) atoms. The molecule has 0 spiro atoms. The van der Waals surface area contributed by atoms with Crippen LogP contribution in [0.1, 0.15) is 39.5 Å². The predicted molar refractivity (Wildman–Crippen MR) is 63.4 cm³/mol. The summed E-state index contributed by atoms with van der Waals surface area (Å²) in [4.78, 5) is 24.6. The van der Waals surface area contributed by atoms with Crippen LogP contribution >= 0.6 is 0 Å². The van der Waals surface area contributed by atoms with Crippen molar-refractivity contribution in [1.82, 2.24) is 4.90 Å². The van der Waals surface area contributed by atoms with E-state index in [2.05, 4.69) is 0 Å². The molecule has 0 radical (unpaired) electrons. The molecular weight excluding hydrogens is 218 g/mol. The van der Waals surface area contributed by atoms with Gasteiger partial charge in [0.25, 0.3) is 0 Å². The molecule has 1 amide bonds. The van der Waals surface area contributed by atoms with Gasteiger partial charge in [0.05, 0.1) is 6.42 Å². The minimum Gasteiger partial charge on any atom is -0.481 e. The van der Waals surface area contributed by atoms with E-state index in [0.717, 1.165) is 12.3 Å². The quantitative estimate of drug-likeness (QED) is 0.768. The number of carboxylic acid groups (broad SMARTS) is 1. The Kier molecular flexibility index (Phi) is 3.40. The van der Waals surface area contributed by atoms with E-state index in [1.165, 1.54) is 12.8 Å². The monoisotopic (exact) mass is 239 g/mol. The molecular formula is C13H21NO3. The second-order valence-electron chi connectivity index (χ2n) is 5.61. The Morgan fingerprint density at radius 1 is 1.35 bits per heavy atom. The molecule has 2 atom stereocenters. The highest BCUT2D eigenvalue weighted by Gasteiger charge is 2.52. The normalized spacial score (nSPS) is 27.0. The van der Waals surface area contributed by atoms with E-state index in [0.29, 0.717) is 12.5 Å². The van der Waals surface area contributed by atoms with Crippen molar-refractivity contribution in [3.63, 3.8) is 0 Å². The van der Waals surface area contributed by atoms with Crippen molar-refractivity contribution in [2.45, 2.75) is 45.6 Å². The topological polar surface area (TPSA) is 57.6 Å². The number of carbonyl (C=O) groups excluding carboxylic acids is 1. The summed E-state index contributed by atoms with van der Waals surface area (Å²) in [6, 6.07) is 0.0994. The number of carbonyl (C=O) groups is 2. The maximum Gasteiger partial charge on any atom is 0.305 e. The molecule has 2 saturated carbocycles. The molecule has 96 valence electrons. The first kappa shape index (κ1) is 12.4. The first-order valence-electron chi connectivity index (χ1n) is 6.53. The van der Waals surface area contributed by atoms with Gasteiger partial charge in [-0.3, -0.25) is 9.59 Å². The van der Waals surface area contributed by atoms with Crippen molar-refractivity contribution in [2.75, 3.05) is 6.54 Å². The summed E-state index contributed by atoms with van der Waals surface area (Å²) >= 11 is 0. The number of hydrogen-bond donors (Lipinski definition) is 1. The molecule has 0 bridgehead atoms. The van der Waals surface area contributed by atoms with Gasteiger partial charge < -0.3 is 10.0 Å². The van der Waals surface area contributed by atoms with Gasteiger partial charge in [-0.25, -0.2) is 0 Å². The van der Waals surface area contributed by atoms with Gasteiger partial charge in [0.1, 0.15) is 0 Å². The zero-order valence-corrected chi connectivity index (χ0v) is 10.6.